The molecule has 7 nitrogen and oxygen atoms in total. The van der Waals surface area contributed by atoms with Crippen molar-refractivity contribution in [1.29, 1.82) is 0 Å². The molecule has 0 amide bonds. The minimum Gasteiger partial charge on any atom is -0.497 e. The summed E-state index contributed by atoms with van der Waals surface area (Å²) in [6.07, 6.45) is -0.0554. The quantitative estimate of drug-likeness (QED) is 0.534. The van der Waals surface area contributed by atoms with Gasteiger partial charge in [0, 0.05) is 10.9 Å². The maximum absolute atomic E-state index is 6.01. The van der Waals surface area contributed by atoms with Gasteiger partial charge in [0.15, 0.2) is 5.69 Å². The van der Waals surface area contributed by atoms with Gasteiger partial charge in [0.05, 0.1) is 26.0 Å². The van der Waals surface area contributed by atoms with Crippen LogP contribution in [-0.2, 0) is 17.9 Å². The van der Waals surface area contributed by atoms with Gasteiger partial charge in [0.1, 0.15) is 11.9 Å². The maximum Gasteiger partial charge on any atom is 0.278 e. The molecule has 5 rings (SSSR count). The Labute approximate surface area is 159 Å². The van der Waals surface area contributed by atoms with Crippen molar-refractivity contribution in [3.05, 3.63) is 58.4 Å². The molecule has 27 heavy (non-hydrogen) atoms. The van der Waals surface area contributed by atoms with Crippen LogP contribution >= 0.6 is 11.3 Å². The Morgan fingerprint density at radius 2 is 2.11 bits per heavy atom. The van der Waals surface area contributed by atoms with Crippen LogP contribution in [0.25, 0.3) is 23.0 Å². The molecule has 8 heteroatoms. The fourth-order valence-corrected chi connectivity index (χ4v) is 3.72. The maximum atomic E-state index is 6.01. The van der Waals surface area contributed by atoms with Crippen molar-refractivity contribution in [2.24, 2.45) is 0 Å². The van der Waals surface area contributed by atoms with E-state index in [1.807, 2.05) is 51.8 Å². The molecule has 0 radical (unpaired) electrons. The summed E-state index contributed by atoms with van der Waals surface area (Å²) >= 11 is 1.60. The summed E-state index contributed by atoms with van der Waals surface area (Å²) in [5.74, 6) is 1.82. The first-order valence-corrected chi connectivity index (χ1v) is 9.43. The number of aromatic nitrogens is 4. The lowest BCUT2D eigenvalue weighted by Crippen LogP contribution is -2.21. The van der Waals surface area contributed by atoms with Crippen molar-refractivity contribution in [2.75, 3.05) is 7.11 Å². The molecule has 0 aliphatic carbocycles. The predicted molar refractivity (Wildman–Crippen MR) is 99.4 cm³/mol. The summed E-state index contributed by atoms with van der Waals surface area (Å²) in [6, 6.07) is 11.8. The number of rotatable bonds is 4. The third-order valence-electron chi connectivity index (χ3n) is 4.55. The molecule has 0 saturated carbocycles. The second-order valence-corrected chi connectivity index (χ2v) is 6.99. The zero-order chi connectivity index (χ0) is 18.2. The molecule has 1 unspecified atom stereocenters. The van der Waals surface area contributed by atoms with Crippen LogP contribution in [0.1, 0.15) is 17.4 Å². The van der Waals surface area contributed by atoms with Crippen LogP contribution in [0.3, 0.4) is 0 Å². The highest BCUT2D eigenvalue weighted by Gasteiger charge is 2.24. The Morgan fingerprint density at radius 1 is 1.22 bits per heavy atom. The molecule has 0 bridgehead atoms. The highest BCUT2D eigenvalue weighted by atomic mass is 32.1. The zero-order valence-electron chi connectivity index (χ0n) is 14.5. The molecule has 3 aromatic heterocycles. The molecule has 4 heterocycles. The normalized spacial score (nSPS) is 16.3. The van der Waals surface area contributed by atoms with E-state index in [1.165, 1.54) is 0 Å². The summed E-state index contributed by atoms with van der Waals surface area (Å²) < 4.78 is 18.6. The van der Waals surface area contributed by atoms with Gasteiger partial charge in [-0.25, -0.2) is 0 Å². The van der Waals surface area contributed by atoms with Gasteiger partial charge >= 0.3 is 0 Å². The molecule has 4 aromatic rings. The van der Waals surface area contributed by atoms with Gasteiger partial charge < -0.3 is 14.0 Å². The van der Waals surface area contributed by atoms with Crippen molar-refractivity contribution in [3.63, 3.8) is 0 Å². The molecule has 0 N–H and O–H groups in total. The molecule has 1 aliphatic rings. The molecule has 136 valence electrons. The average Bonchev–Trinajstić information content (AvgIpc) is 3.46. The minimum atomic E-state index is -0.0554. The molecular weight excluding hydrogens is 364 g/mol. The molecule has 1 atom stereocenters. The number of fused-ring (bicyclic) bond motifs is 1. The van der Waals surface area contributed by atoms with Crippen molar-refractivity contribution in [2.45, 2.75) is 19.3 Å². The van der Waals surface area contributed by atoms with Gasteiger partial charge in [0.25, 0.3) is 5.89 Å². The van der Waals surface area contributed by atoms with E-state index in [0.29, 0.717) is 30.6 Å². The lowest BCUT2D eigenvalue weighted by Gasteiger charge is -2.24. The van der Waals surface area contributed by atoms with Crippen molar-refractivity contribution in [3.8, 4) is 28.7 Å². The Kier molecular flexibility index (Phi) is 3.99. The fraction of sp³-hybridized carbons (Fsp3) is 0.211. The second kappa shape index (κ2) is 6.64. The van der Waals surface area contributed by atoms with Gasteiger partial charge in [-0.15, -0.1) is 0 Å². The van der Waals surface area contributed by atoms with Gasteiger partial charge in [-0.3, -0.25) is 4.68 Å². The lowest BCUT2D eigenvalue weighted by atomic mass is 10.1. The molecule has 0 saturated heterocycles. The molecule has 1 aromatic carbocycles. The smallest absolute Gasteiger partial charge is 0.278 e. The van der Waals surface area contributed by atoms with E-state index in [2.05, 4.69) is 15.2 Å². The number of hydrogen-bond donors (Lipinski definition) is 0. The topological polar surface area (TPSA) is 75.2 Å². The van der Waals surface area contributed by atoms with Crippen LogP contribution < -0.4 is 4.74 Å². The van der Waals surface area contributed by atoms with E-state index in [-0.39, 0.29) is 6.10 Å². The van der Waals surface area contributed by atoms with Crippen LogP contribution in [0.5, 0.6) is 5.75 Å². The Morgan fingerprint density at radius 3 is 2.89 bits per heavy atom. The van der Waals surface area contributed by atoms with Gasteiger partial charge in [-0.1, -0.05) is 17.3 Å². The van der Waals surface area contributed by atoms with Crippen molar-refractivity contribution >= 4 is 11.3 Å². The first kappa shape index (κ1) is 16.2. The van der Waals surface area contributed by atoms with Crippen molar-refractivity contribution < 1.29 is 14.0 Å². The third-order valence-corrected chi connectivity index (χ3v) is 5.23. The van der Waals surface area contributed by atoms with E-state index < -0.39 is 0 Å². The molecular formula is C19H16N4O3S. The van der Waals surface area contributed by atoms with Crippen LogP contribution in [0.15, 0.2) is 51.7 Å². The zero-order valence-corrected chi connectivity index (χ0v) is 15.3. The number of benzene rings is 1. The Hall–Kier alpha value is -2.97. The molecule has 0 fully saturated rings. The monoisotopic (exact) mass is 380 g/mol. The lowest BCUT2D eigenvalue weighted by molar-refractivity contribution is -0.00115. The van der Waals surface area contributed by atoms with E-state index in [4.69, 9.17) is 14.0 Å². The summed E-state index contributed by atoms with van der Waals surface area (Å²) in [6.45, 7) is 1.11. The van der Waals surface area contributed by atoms with E-state index in [0.717, 1.165) is 22.6 Å². The second-order valence-electron chi connectivity index (χ2n) is 6.21. The van der Waals surface area contributed by atoms with Crippen molar-refractivity contribution in [1.82, 2.24) is 19.9 Å². The van der Waals surface area contributed by atoms with E-state index in [9.17, 15) is 0 Å². The molecule has 0 spiro atoms. The Bertz CT molecular complexity index is 1050. The number of nitrogens with zero attached hydrogens (tertiary/aromatic N) is 4. The van der Waals surface area contributed by atoms with Gasteiger partial charge in [-0.2, -0.15) is 21.4 Å². The fourth-order valence-electron chi connectivity index (χ4n) is 3.09. The van der Waals surface area contributed by atoms with Gasteiger partial charge in [0.2, 0.25) is 5.82 Å². The number of thiophene rings is 1. The number of ether oxygens (including phenoxy) is 2. The highest BCUT2D eigenvalue weighted by molar-refractivity contribution is 7.08. The summed E-state index contributed by atoms with van der Waals surface area (Å²) in [5, 5.41) is 12.7. The third kappa shape index (κ3) is 3.02. The Balaban J connectivity index is 1.38. The first-order chi connectivity index (χ1) is 13.3. The summed E-state index contributed by atoms with van der Waals surface area (Å²) in [4.78, 5) is 4.46. The largest absolute Gasteiger partial charge is 0.497 e. The first-order valence-electron chi connectivity index (χ1n) is 8.49. The highest BCUT2D eigenvalue weighted by Crippen LogP contribution is 2.30. The SMILES string of the molecule is COc1ccc(C2Cn3nc(-c4nc(-c5ccsc5)no4)cc3CO2)cc1. The number of hydrogen-bond acceptors (Lipinski definition) is 7. The van der Waals surface area contributed by atoms with E-state index >= 15 is 0 Å². The van der Waals surface area contributed by atoms with E-state index in [1.54, 1.807) is 18.4 Å². The van der Waals surface area contributed by atoms with Gasteiger partial charge in [-0.05, 0) is 35.2 Å². The molecule has 1 aliphatic heterocycles. The predicted octanol–water partition coefficient (Wildman–Crippen LogP) is 3.94. The van der Waals surface area contributed by atoms with Crippen LogP contribution in [0.4, 0.5) is 0 Å². The standard InChI is InChI=1S/C19H16N4O3S/c1-24-15-4-2-12(3-5-15)17-9-23-14(10-25-17)8-16(21-23)19-20-18(22-26-19)13-6-7-27-11-13/h2-8,11,17H,9-10H2,1H3. The average molecular weight is 380 g/mol. The van der Waals surface area contributed by atoms with Crippen LogP contribution in [0.2, 0.25) is 0 Å². The summed E-state index contributed by atoms with van der Waals surface area (Å²) in [7, 11) is 1.66. The minimum absolute atomic E-state index is 0.0554. The summed E-state index contributed by atoms with van der Waals surface area (Å²) in [5.41, 5.74) is 3.70. The van der Waals surface area contributed by atoms with Crippen LogP contribution in [0, 0.1) is 0 Å². The van der Waals surface area contributed by atoms with Crippen LogP contribution in [-0.4, -0.2) is 27.0 Å². The number of methoxy groups -OCH3 is 1.